The summed E-state index contributed by atoms with van der Waals surface area (Å²) in [5, 5.41) is 7.02. The SMILES string of the molecule is CCOc1cc(-c2noc(CCCC(=O)Nc3ccc(C)cc3C)n2)cc(Br)c1OC. The molecule has 31 heavy (non-hydrogen) atoms. The molecule has 1 amide bonds. The predicted octanol–water partition coefficient (Wildman–Crippen LogP) is 5.48. The normalized spacial score (nSPS) is 10.7. The molecule has 0 aliphatic heterocycles. The number of nitrogens with one attached hydrogen (secondary N) is 1. The molecule has 3 aromatic rings. The van der Waals surface area contributed by atoms with Gasteiger partial charge in [-0.3, -0.25) is 4.79 Å². The highest BCUT2D eigenvalue weighted by molar-refractivity contribution is 9.10. The van der Waals surface area contributed by atoms with E-state index in [1.807, 2.05) is 51.1 Å². The van der Waals surface area contributed by atoms with Crippen LogP contribution in [0.25, 0.3) is 11.4 Å². The molecule has 8 heteroatoms. The number of nitrogens with zero attached hydrogens (tertiary/aromatic N) is 2. The number of rotatable bonds is 9. The zero-order valence-corrected chi connectivity index (χ0v) is 19.7. The number of halogens is 1. The summed E-state index contributed by atoms with van der Waals surface area (Å²) in [6, 6.07) is 9.63. The second kappa shape index (κ2) is 10.4. The molecule has 0 saturated carbocycles. The minimum Gasteiger partial charge on any atom is -0.492 e. The largest absolute Gasteiger partial charge is 0.492 e. The molecule has 0 bridgehead atoms. The Kier molecular flexibility index (Phi) is 7.68. The van der Waals surface area contributed by atoms with E-state index in [9.17, 15) is 4.79 Å². The van der Waals surface area contributed by atoms with Gasteiger partial charge in [0.1, 0.15) is 0 Å². The molecule has 1 heterocycles. The first-order chi connectivity index (χ1) is 14.9. The van der Waals surface area contributed by atoms with Gasteiger partial charge in [0, 0.05) is 24.1 Å². The quantitative estimate of drug-likeness (QED) is 0.429. The molecule has 0 unspecified atom stereocenters. The summed E-state index contributed by atoms with van der Waals surface area (Å²) in [6.07, 6.45) is 1.49. The van der Waals surface area contributed by atoms with Gasteiger partial charge in [0.15, 0.2) is 11.5 Å². The number of aryl methyl sites for hydroxylation is 3. The van der Waals surface area contributed by atoms with E-state index in [0.717, 1.165) is 21.3 Å². The summed E-state index contributed by atoms with van der Waals surface area (Å²) in [6.45, 7) is 6.42. The highest BCUT2D eigenvalue weighted by atomic mass is 79.9. The van der Waals surface area contributed by atoms with Crippen LogP contribution in [0, 0.1) is 13.8 Å². The Morgan fingerprint density at radius 1 is 1.23 bits per heavy atom. The van der Waals surface area contributed by atoms with Crippen molar-refractivity contribution in [2.24, 2.45) is 0 Å². The van der Waals surface area contributed by atoms with Gasteiger partial charge in [-0.2, -0.15) is 4.98 Å². The lowest BCUT2D eigenvalue weighted by atomic mass is 10.1. The maximum atomic E-state index is 12.3. The molecule has 0 aliphatic rings. The summed E-state index contributed by atoms with van der Waals surface area (Å²) in [7, 11) is 1.59. The van der Waals surface area contributed by atoms with E-state index in [0.29, 0.717) is 49.1 Å². The van der Waals surface area contributed by atoms with Crippen molar-refractivity contribution in [3.8, 4) is 22.9 Å². The Labute approximate surface area is 190 Å². The van der Waals surface area contributed by atoms with Crippen molar-refractivity contribution in [3.63, 3.8) is 0 Å². The monoisotopic (exact) mass is 487 g/mol. The summed E-state index contributed by atoms with van der Waals surface area (Å²) in [5.74, 6) is 2.12. The van der Waals surface area contributed by atoms with Crippen molar-refractivity contribution in [2.45, 2.75) is 40.0 Å². The van der Waals surface area contributed by atoms with Gasteiger partial charge in [-0.05, 0) is 66.9 Å². The predicted molar refractivity (Wildman–Crippen MR) is 123 cm³/mol. The van der Waals surface area contributed by atoms with Crippen molar-refractivity contribution in [1.29, 1.82) is 0 Å². The molecule has 2 aromatic carbocycles. The van der Waals surface area contributed by atoms with Crippen molar-refractivity contribution in [1.82, 2.24) is 10.1 Å². The molecule has 0 spiro atoms. The van der Waals surface area contributed by atoms with Gasteiger partial charge >= 0.3 is 0 Å². The summed E-state index contributed by atoms with van der Waals surface area (Å²) < 4.78 is 17.1. The van der Waals surface area contributed by atoms with Crippen molar-refractivity contribution < 1.29 is 18.8 Å². The van der Waals surface area contributed by atoms with E-state index >= 15 is 0 Å². The number of methoxy groups -OCH3 is 1. The van der Waals surface area contributed by atoms with Gasteiger partial charge in [0.05, 0.1) is 18.2 Å². The maximum Gasteiger partial charge on any atom is 0.226 e. The van der Waals surface area contributed by atoms with E-state index < -0.39 is 0 Å². The van der Waals surface area contributed by atoms with Crippen LogP contribution in [0.2, 0.25) is 0 Å². The number of carbonyl (C=O) groups is 1. The molecule has 3 rings (SSSR count). The van der Waals surface area contributed by atoms with Gasteiger partial charge < -0.3 is 19.3 Å². The zero-order valence-electron chi connectivity index (χ0n) is 18.1. The Balaban J connectivity index is 1.59. The first-order valence-corrected chi connectivity index (χ1v) is 10.9. The number of ether oxygens (including phenoxy) is 2. The second-order valence-electron chi connectivity index (χ2n) is 7.15. The first kappa shape index (κ1) is 22.8. The fourth-order valence-corrected chi connectivity index (χ4v) is 3.80. The first-order valence-electron chi connectivity index (χ1n) is 10.1. The molecule has 0 saturated heterocycles. The molecular formula is C23H26BrN3O4. The number of benzene rings is 2. The number of amides is 1. The lowest BCUT2D eigenvalue weighted by Crippen LogP contribution is -2.12. The third-order valence-corrected chi connectivity index (χ3v) is 5.28. The lowest BCUT2D eigenvalue weighted by molar-refractivity contribution is -0.116. The van der Waals surface area contributed by atoms with Crippen LogP contribution in [0.15, 0.2) is 39.3 Å². The third-order valence-electron chi connectivity index (χ3n) is 4.69. The summed E-state index contributed by atoms with van der Waals surface area (Å²) in [4.78, 5) is 16.7. The average molecular weight is 488 g/mol. The zero-order chi connectivity index (χ0) is 22.4. The fraction of sp³-hybridized carbons (Fsp3) is 0.348. The highest BCUT2D eigenvalue weighted by Crippen LogP contribution is 2.39. The molecule has 0 fully saturated rings. The van der Waals surface area contributed by atoms with Gasteiger partial charge in [-0.25, -0.2) is 0 Å². The average Bonchev–Trinajstić information content (AvgIpc) is 3.19. The van der Waals surface area contributed by atoms with E-state index in [2.05, 4.69) is 31.4 Å². The Morgan fingerprint density at radius 3 is 2.74 bits per heavy atom. The van der Waals surface area contributed by atoms with E-state index in [-0.39, 0.29) is 5.91 Å². The Bertz CT molecular complexity index is 1060. The third kappa shape index (κ3) is 5.85. The summed E-state index contributed by atoms with van der Waals surface area (Å²) >= 11 is 3.49. The van der Waals surface area contributed by atoms with Crippen LogP contribution in [0.5, 0.6) is 11.5 Å². The van der Waals surface area contributed by atoms with Crippen molar-refractivity contribution in [3.05, 3.63) is 51.8 Å². The molecule has 0 radical (unpaired) electrons. The van der Waals surface area contributed by atoms with Crippen LogP contribution >= 0.6 is 15.9 Å². The lowest BCUT2D eigenvalue weighted by Gasteiger charge is -2.12. The topological polar surface area (TPSA) is 86.5 Å². The molecule has 0 aliphatic carbocycles. The molecule has 1 aromatic heterocycles. The molecule has 164 valence electrons. The smallest absolute Gasteiger partial charge is 0.226 e. The standard InChI is InChI=1S/C23H26BrN3O4/c1-5-30-19-13-16(12-17(24)22(19)29-4)23-26-21(31-27-23)8-6-7-20(28)25-18-10-9-14(2)11-15(18)3/h9-13H,5-8H2,1-4H3,(H,25,28). The van der Waals surface area contributed by atoms with E-state index in [1.165, 1.54) is 5.56 Å². The van der Waals surface area contributed by atoms with Gasteiger partial charge in [-0.1, -0.05) is 22.9 Å². The number of hydrogen-bond acceptors (Lipinski definition) is 6. The van der Waals surface area contributed by atoms with Crippen molar-refractivity contribution >= 4 is 27.5 Å². The molecular weight excluding hydrogens is 462 g/mol. The van der Waals surface area contributed by atoms with Gasteiger partial charge in [-0.15, -0.1) is 0 Å². The van der Waals surface area contributed by atoms with E-state index in [4.69, 9.17) is 14.0 Å². The number of anilines is 1. The summed E-state index contributed by atoms with van der Waals surface area (Å²) in [5.41, 5.74) is 3.80. The highest BCUT2D eigenvalue weighted by Gasteiger charge is 2.16. The molecule has 1 N–H and O–H groups in total. The second-order valence-corrected chi connectivity index (χ2v) is 8.01. The van der Waals surface area contributed by atoms with Crippen molar-refractivity contribution in [2.75, 3.05) is 19.0 Å². The minimum absolute atomic E-state index is 0.0351. The van der Waals surface area contributed by atoms with E-state index in [1.54, 1.807) is 7.11 Å². The Hall–Kier alpha value is -2.87. The van der Waals surface area contributed by atoms with Crippen LogP contribution in [0.1, 0.15) is 36.8 Å². The van der Waals surface area contributed by atoms with Crippen LogP contribution in [0.4, 0.5) is 5.69 Å². The molecule has 0 atom stereocenters. The van der Waals surface area contributed by atoms with Crippen LogP contribution in [-0.2, 0) is 11.2 Å². The van der Waals surface area contributed by atoms with Crippen LogP contribution in [0.3, 0.4) is 0 Å². The van der Waals surface area contributed by atoms with Crippen LogP contribution in [-0.4, -0.2) is 29.8 Å². The van der Waals surface area contributed by atoms with Gasteiger partial charge in [0.2, 0.25) is 17.6 Å². The minimum atomic E-state index is -0.0351. The van der Waals surface area contributed by atoms with Gasteiger partial charge in [0.25, 0.3) is 0 Å². The maximum absolute atomic E-state index is 12.3. The Morgan fingerprint density at radius 2 is 2.03 bits per heavy atom. The number of carbonyl (C=O) groups excluding carboxylic acids is 1. The number of aromatic nitrogens is 2. The van der Waals surface area contributed by atoms with Crippen LogP contribution < -0.4 is 14.8 Å². The fourth-order valence-electron chi connectivity index (χ4n) is 3.20. The molecule has 7 nitrogen and oxygen atoms in total. The number of hydrogen-bond donors (Lipinski definition) is 1.